The molecule has 4 nitrogen and oxygen atoms in total. The maximum Gasteiger partial charge on any atom is 0.235 e. The second kappa shape index (κ2) is 5.78. The molecule has 1 amide bonds. The highest BCUT2D eigenvalue weighted by Gasteiger charge is 2.46. The van der Waals surface area contributed by atoms with E-state index in [1.165, 1.54) is 0 Å². The van der Waals surface area contributed by atoms with Crippen LogP contribution in [0.15, 0.2) is 0 Å². The van der Waals surface area contributed by atoms with Gasteiger partial charge in [0.2, 0.25) is 5.91 Å². The molecule has 0 atom stereocenters. The summed E-state index contributed by atoms with van der Waals surface area (Å²) in [6.45, 7) is 4.20. The third-order valence-electron chi connectivity index (χ3n) is 3.56. The molecule has 0 saturated heterocycles. The van der Waals surface area contributed by atoms with Gasteiger partial charge in [-0.15, -0.1) is 0 Å². The second-order valence-electron chi connectivity index (χ2n) is 4.97. The van der Waals surface area contributed by atoms with Gasteiger partial charge in [-0.05, 0) is 26.7 Å². The summed E-state index contributed by atoms with van der Waals surface area (Å²) in [6.07, 6.45) is 3.48. The van der Waals surface area contributed by atoms with E-state index < -0.39 is 5.41 Å². The normalized spacial score (nSPS) is 18.4. The van der Waals surface area contributed by atoms with Gasteiger partial charge in [-0.3, -0.25) is 4.79 Å². The summed E-state index contributed by atoms with van der Waals surface area (Å²) >= 11 is 5.10. The first-order valence-electron chi connectivity index (χ1n) is 6.17. The lowest BCUT2D eigenvalue weighted by atomic mass is 9.84. The predicted octanol–water partition coefficient (Wildman–Crippen LogP) is 1.06. The van der Waals surface area contributed by atoms with Crippen LogP contribution in [-0.2, 0) is 4.79 Å². The van der Waals surface area contributed by atoms with Gasteiger partial charge in [0.05, 0.1) is 17.0 Å². The molecule has 1 saturated carbocycles. The van der Waals surface area contributed by atoms with Crippen LogP contribution in [0.4, 0.5) is 0 Å². The Balaban J connectivity index is 2.94. The first-order chi connectivity index (χ1) is 7.95. The van der Waals surface area contributed by atoms with E-state index in [1.54, 1.807) is 4.90 Å². The van der Waals surface area contributed by atoms with Crippen LogP contribution in [0.5, 0.6) is 0 Å². The first-order valence-corrected chi connectivity index (χ1v) is 6.58. The van der Waals surface area contributed by atoms with E-state index in [4.69, 9.17) is 23.1 Å². The van der Waals surface area contributed by atoms with Crippen molar-refractivity contribution < 1.29 is 9.90 Å². The van der Waals surface area contributed by atoms with Crippen LogP contribution >= 0.6 is 12.2 Å². The number of aliphatic hydroxyl groups is 1. The van der Waals surface area contributed by atoms with Crippen molar-refractivity contribution >= 4 is 23.1 Å². The molecule has 98 valence electrons. The molecule has 1 rings (SSSR count). The van der Waals surface area contributed by atoms with Crippen LogP contribution in [0.2, 0.25) is 0 Å². The van der Waals surface area contributed by atoms with Gasteiger partial charge in [0.15, 0.2) is 0 Å². The molecule has 0 unspecified atom stereocenters. The number of amides is 1. The molecule has 0 heterocycles. The Morgan fingerprint density at radius 1 is 1.47 bits per heavy atom. The number of carbonyl (C=O) groups is 1. The van der Waals surface area contributed by atoms with Gasteiger partial charge in [-0.25, -0.2) is 0 Å². The SMILES string of the molecule is CC(C)N(CCO)C(=O)C1(C(N)=S)CCCC1. The molecule has 3 N–H and O–H groups in total. The number of aliphatic hydroxyl groups excluding tert-OH is 1. The van der Waals surface area contributed by atoms with Gasteiger partial charge in [-0.1, -0.05) is 25.1 Å². The summed E-state index contributed by atoms with van der Waals surface area (Å²) in [6, 6.07) is 0.0569. The zero-order chi connectivity index (χ0) is 13.1. The third-order valence-corrected chi connectivity index (χ3v) is 3.95. The highest BCUT2D eigenvalue weighted by Crippen LogP contribution is 2.40. The maximum absolute atomic E-state index is 12.6. The van der Waals surface area contributed by atoms with Crippen LogP contribution in [0.25, 0.3) is 0 Å². The standard InChI is InChI=1S/C12H22N2O2S/c1-9(2)14(7-8-15)11(16)12(10(13)17)5-3-4-6-12/h9,15H,3-8H2,1-2H3,(H2,13,17). The lowest BCUT2D eigenvalue weighted by Gasteiger charge is -2.35. The largest absolute Gasteiger partial charge is 0.395 e. The van der Waals surface area contributed by atoms with Gasteiger partial charge >= 0.3 is 0 Å². The van der Waals surface area contributed by atoms with Gasteiger partial charge < -0.3 is 15.7 Å². The molecule has 17 heavy (non-hydrogen) atoms. The monoisotopic (exact) mass is 258 g/mol. The van der Waals surface area contributed by atoms with E-state index in [9.17, 15) is 4.79 Å². The molecular formula is C12H22N2O2S. The highest BCUT2D eigenvalue weighted by molar-refractivity contribution is 7.80. The molecule has 0 aromatic carbocycles. The van der Waals surface area contributed by atoms with Crippen LogP contribution in [0, 0.1) is 5.41 Å². The van der Waals surface area contributed by atoms with Crippen molar-refractivity contribution in [3.63, 3.8) is 0 Å². The summed E-state index contributed by atoms with van der Waals surface area (Å²) in [4.78, 5) is 14.6. The average molecular weight is 258 g/mol. The maximum atomic E-state index is 12.6. The molecule has 1 aliphatic rings. The minimum Gasteiger partial charge on any atom is -0.395 e. The summed E-state index contributed by atoms with van der Waals surface area (Å²) in [5.74, 6) is -0.00782. The van der Waals surface area contributed by atoms with Crippen LogP contribution in [0.3, 0.4) is 0 Å². The number of hydrogen-bond donors (Lipinski definition) is 2. The fourth-order valence-corrected chi connectivity index (χ4v) is 2.81. The number of rotatable bonds is 5. The van der Waals surface area contributed by atoms with Crippen molar-refractivity contribution in [1.82, 2.24) is 4.90 Å². The first kappa shape index (κ1) is 14.4. The fourth-order valence-electron chi connectivity index (χ4n) is 2.52. The van der Waals surface area contributed by atoms with Crippen molar-refractivity contribution in [3.05, 3.63) is 0 Å². The van der Waals surface area contributed by atoms with Crippen molar-refractivity contribution in [3.8, 4) is 0 Å². The zero-order valence-corrected chi connectivity index (χ0v) is 11.4. The molecule has 0 spiro atoms. The predicted molar refractivity (Wildman–Crippen MR) is 71.6 cm³/mol. The number of nitrogens with two attached hydrogens (primary N) is 1. The van der Waals surface area contributed by atoms with E-state index in [1.807, 2.05) is 13.8 Å². The minimum atomic E-state index is -0.658. The van der Waals surface area contributed by atoms with E-state index in [2.05, 4.69) is 0 Å². The fraction of sp³-hybridized carbons (Fsp3) is 0.833. The average Bonchev–Trinajstić information content (AvgIpc) is 2.74. The molecule has 1 aliphatic carbocycles. The Labute approximate surface area is 108 Å². The van der Waals surface area contributed by atoms with E-state index in [-0.39, 0.29) is 18.6 Å². The van der Waals surface area contributed by atoms with Gasteiger partial charge in [0.25, 0.3) is 0 Å². The number of hydrogen-bond acceptors (Lipinski definition) is 3. The van der Waals surface area contributed by atoms with Crippen molar-refractivity contribution in [2.24, 2.45) is 11.1 Å². The Morgan fingerprint density at radius 2 is 2.00 bits per heavy atom. The van der Waals surface area contributed by atoms with Gasteiger partial charge in [0, 0.05) is 12.6 Å². The highest BCUT2D eigenvalue weighted by atomic mass is 32.1. The molecule has 0 aliphatic heterocycles. The third kappa shape index (κ3) is 2.77. The second-order valence-corrected chi connectivity index (χ2v) is 5.41. The van der Waals surface area contributed by atoms with Crippen molar-refractivity contribution in [2.45, 2.75) is 45.6 Å². The summed E-state index contributed by atoms with van der Waals surface area (Å²) in [5, 5.41) is 9.04. The van der Waals surface area contributed by atoms with Gasteiger partial charge in [0.1, 0.15) is 0 Å². The number of thiocarbonyl (C=S) groups is 1. The summed E-state index contributed by atoms with van der Waals surface area (Å²) in [5.41, 5.74) is 5.13. The lowest BCUT2D eigenvalue weighted by molar-refractivity contribution is -0.140. The molecule has 1 fully saturated rings. The van der Waals surface area contributed by atoms with Crippen LogP contribution in [0.1, 0.15) is 39.5 Å². The molecule has 0 aromatic rings. The Hall–Kier alpha value is -0.680. The lowest BCUT2D eigenvalue weighted by Crippen LogP contribution is -2.52. The molecule has 5 heteroatoms. The zero-order valence-electron chi connectivity index (χ0n) is 10.6. The smallest absolute Gasteiger partial charge is 0.235 e. The summed E-state index contributed by atoms with van der Waals surface area (Å²) < 4.78 is 0. The Kier molecular flexibility index (Phi) is 4.89. The van der Waals surface area contributed by atoms with Crippen molar-refractivity contribution in [1.29, 1.82) is 0 Å². The molecule has 0 bridgehead atoms. The molecule has 0 radical (unpaired) electrons. The minimum absolute atomic E-state index is 0.00782. The van der Waals surface area contributed by atoms with E-state index >= 15 is 0 Å². The Bertz CT molecular complexity index is 299. The summed E-state index contributed by atoms with van der Waals surface area (Å²) in [7, 11) is 0. The number of nitrogens with zero attached hydrogens (tertiary/aromatic N) is 1. The van der Waals surface area contributed by atoms with Crippen LogP contribution in [-0.4, -0.2) is 40.1 Å². The topological polar surface area (TPSA) is 66.6 Å². The van der Waals surface area contributed by atoms with E-state index in [0.29, 0.717) is 11.5 Å². The number of carbonyl (C=O) groups excluding carboxylic acids is 1. The molecule has 0 aromatic heterocycles. The van der Waals surface area contributed by atoms with Gasteiger partial charge in [-0.2, -0.15) is 0 Å². The molecular weight excluding hydrogens is 236 g/mol. The van der Waals surface area contributed by atoms with Crippen LogP contribution < -0.4 is 5.73 Å². The van der Waals surface area contributed by atoms with Crippen molar-refractivity contribution in [2.75, 3.05) is 13.2 Å². The Morgan fingerprint density at radius 3 is 2.35 bits per heavy atom. The quantitative estimate of drug-likeness (QED) is 0.724. The van der Waals surface area contributed by atoms with E-state index in [0.717, 1.165) is 25.7 Å².